The Bertz CT molecular complexity index is 1110. The molecule has 178 valence electrons. The van der Waals surface area contributed by atoms with E-state index in [4.69, 9.17) is 4.74 Å². The third-order valence-corrected chi connectivity index (χ3v) is 6.60. The van der Waals surface area contributed by atoms with E-state index < -0.39 is 0 Å². The first kappa shape index (κ1) is 23.8. The molecule has 0 saturated carbocycles. The largest absolute Gasteiger partial charge is 0.378 e. The summed E-state index contributed by atoms with van der Waals surface area (Å²) < 4.78 is 5.51. The van der Waals surface area contributed by atoms with Crippen molar-refractivity contribution in [1.29, 1.82) is 0 Å². The van der Waals surface area contributed by atoms with Crippen LogP contribution >= 0.6 is 11.3 Å². The molecule has 0 aliphatic carbocycles. The number of benzene rings is 2. The Balaban J connectivity index is 1.43. The molecule has 2 aromatic carbocycles. The van der Waals surface area contributed by atoms with Crippen LogP contribution in [0.1, 0.15) is 29.1 Å². The maximum Gasteiger partial charge on any atom is 0.319 e. The SMILES string of the molecule is CC(C)NC(=O)Nc1ccc(CNC(=O)c2cc(-c3ccccc3)c(N3CCOCC3)s2)cc1. The van der Waals surface area contributed by atoms with Crippen LogP contribution in [0.3, 0.4) is 0 Å². The molecule has 1 aromatic heterocycles. The van der Waals surface area contributed by atoms with E-state index in [1.54, 1.807) is 0 Å². The summed E-state index contributed by atoms with van der Waals surface area (Å²) in [5, 5.41) is 9.72. The number of carbonyl (C=O) groups excluding carboxylic acids is 2. The number of ether oxygens (including phenoxy) is 1. The number of morpholine rings is 1. The predicted octanol–water partition coefficient (Wildman–Crippen LogP) is 4.71. The highest BCUT2D eigenvalue weighted by Gasteiger charge is 2.21. The number of hydrogen-bond acceptors (Lipinski definition) is 5. The molecule has 2 heterocycles. The molecule has 1 fully saturated rings. The molecule has 3 amide bonds. The van der Waals surface area contributed by atoms with Crippen molar-refractivity contribution in [3.63, 3.8) is 0 Å². The zero-order valence-corrected chi connectivity index (χ0v) is 20.3. The lowest BCUT2D eigenvalue weighted by molar-refractivity contribution is 0.0955. The molecule has 3 N–H and O–H groups in total. The van der Waals surface area contributed by atoms with Crippen LogP contribution in [0.4, 0.5) is 15.5 Å². The maximum atomic E-state index is 13.0. The molecule has 0 radical (unpaired) electrons. The molecule has 7 nitrogen and oxygen atoms in total. The normalized spacial score (nSPS) is 13.6. The van der Waals surface area contributed by atoms with Crippen LogP contribution in [0.15, 0.2) is 60.7 Å². The van der Waals surface area contributed by atoms with Crippen molar-refractivity contribution in [2.45, 2.75) is 26.4 Å². The molecule has 4 rings (SSSR count). The molecule has 1 saturated heterocycles. The number of urea groups is 1. The molecule has 8 heteroatoms. The second-order valence-electron chi connectivity index (χ2n) is 8.43. The lowest BCUT2D eigenvalue weighted by atomic mass is 10.1. The predicted molar refractivity (Wildman–Crippen MR) is 138 cm³/mol. The lowest BCUT2D eigenvalue weighted by Gasteiger charge is -2.28. The van der Waals surface area contributed by atoms with E-state index in [-0.39, 0.29) is 18.0 Å². The van der Waals surface area contributed by atoms with Gasteiger partial charge in [0.15, 0.2) is 0 Å². The minimum absolute atomic E-state index is 0.0675. The Labute approximate surface area is 204 Å². The van der Waals surface area contributed by atoms with Crippen molar-refractivity contribution in [1.82, 2.24) is 10.6 Å². The fourth-order valence-electron chi connectivity index (χ4n) is 3.72. The van der Waals surface area contributed by atoms with Crippen LogP contribution in [0.25, 0.3) is 11.1 Å². The number of amides is 3. The van der Waals surface area contributed by atoms with E-state index in [9.17, 15) is 9.59 Å². The van der Waals surface area contributed by atoms with Gasteiger partial charge in [0.05, 0.1) is 23.1 Å². The number of carbonyl (C=O) groups is 2. The van der Waals surface area contributed by atoms with Crippen molar-refractivity contribution >= 4 is 34.0 Å². The van der Waals surface area contributed by atoms with Gasteiger partial charge in [0.25, 0.3) is 5.91 Å². The average molecular weight is 479 g/mol. The topological polar surface area (TPSA) is 82.7 Å². The third kappa shape index (κ3) is 6.15. The quantitative estimate of drug-likeness (QED) is 0.459. The van der Waals surface area contributed by atoms with Crippen LogP contribution in [-0.4, -0.2) is 44.3 Å². The van der Waals surface area contributed by atoms with E-state index in [1.165, 1.54) is 11.3 Å². The first-order valence-electron chi connectivity index (χ1n) is 11.5. The van der Waals surface area contributed by atoms with Gasteiger partial charge in [-0.1, -0.05) is 42.5 Å². The smallest absolute Gasteiger partial charge is 0.319 e. The zero-order chi connectivity index (χ0) is 23.9. The van der Waals surface area contributed by atoms with Gasteiger partial charge in [0.1, 0.15) is 0 Å². The Hall–Kier alpha value is -3.36. The number of nitrogens with zero attached hydrogens (tertiary/aromatic N) is 1. The van der Waals surface area contributed by atoms with E-state index >= 15 is 0 Å². The van der Waals surface area contributed by atoms with Crippen molar-refractivity contribution < 1.29 is 14.3 Å². The van der Waals surface area contributed by atoms with Crippen molar-refractivity contribution in [3.05, 3.63) is 71.1 Å². The Morgan fingerprint density at radius 1 is 1.03 bits per heavy atom. The number of rotatable bonds is 7. The highest BCUT2D eigenvalue weighted by Crippen LogP contribution is 2.39. The van der Waals surface area contributed by atoms with Gasteiger partial charge < -0.3 is 25.6 Å². The molecular weight excluding hydrogens is 448 g/mol. The van der Waals surface area contributed by atoms with Gasteiger partial charge in [-0.05, 0) is 43.2 Å². The number of thiophene rings is 1. The Morgan fingerprint density at radius 3 is 2.41 bits per heavy atom. The summed E-state index contributed by atoms with van der Waals surface area (Å²) in [5.74, 6) is -0.0970. The van der Waals surface area contributed by atoms with E-state index in [0.29, 0.717) is 30.3 Å². The lowest BCUT2D eigenvalue weighted by Crippen LogP contribution is -2.35. The summed E-state index contributed by atoms with van der Waals surface area (Å²) in [5.41, 5.74) is 3.84. The second kappa shape index (κ2) is 11.2. The monoisotopic (exact) mass is 478 g/mol. The molecule has 0 bridgehead atoms. The van der Waals surface area contributed by atoms with E-state index in [0.717, 1.165) is 34.8 Å². The van der Waals surface area contributed by atoms with Gasteiger partial charge in [0, 0.05) is 36.9 Å². The van der Waals surface area contributed by atoms with Gasteiger partial charge >= 0.3 is 6.03 Å². The summed E-state index contributed by atoms with van der Waals surface area (Å²) in [6, 6.07) is 19.4. The molecule has 1 aliphatic heterocycles. The first-order chi connectivity index (χ1) is 16.5. The molecule has 0 spiro atoms. The van der Waals surface area contributed by atoms with Crippen molar-refractivity contribution in [2.75, 3.05) is 36.5 Å². The van der Waals surface area contributed by atoms with Crippen LogP contribution in [0.5, 0.6) is 0 Å². The van der Waals surface area contributed by atoms with E-state index in [2.05, 4.69) is 33.0 Å². The average Bonchev–Trinajstić information content (AvgIpc) is 3.30. The van der Waals surface area contributed by atoms with Crippen LogP contribution < -0.4 is 20.9 Å². The highest BCUT2D eigenvalue weighted by molar-refractivity contribution is 7.18. The summed E-state index contributed by atoms with van der Waals surface area (Å²) in [7, 11) is 0. The molecule has 3 aromatic rings. The highest BCUT2D eigenvalue weighted by atomic mass is 32.1. The Morgan fingerprint density at radius 2 is 1.74 bits per heavy atom. The third-order valence-electron chi connectivity index (χ3n) is 5.40. The van der Waals surface area contributed by atoms with Gasteiger partial charge in [0.2, 0.25) is 0 Å². The van der Waals surface area contributed by atoms with Crippen LogP contribution in [0.2, 0.25) is 0 Å². The zero-order valence-electron chi connectivity index (χ0n) is 19.5. The standard InChI is InChI=1S/C26H30N4O3S/c1-18(2)28-26(32)29-21-10-8-19(9-11-21)17-27-24(31)23-16-22(20-6-4-3-5-7-20)25(34-23)30-12-14-33-15-13-30/h3-11,16,18H,12-15,17H2,1-2H3,(H,27,31)(H2,28,29,32). The molecule has 0 atom stereocenters. The molecule has 34 heavy (non-hydrogen) atoms. The van der Waals surface area contributed by atoms with Crippen molar-refractivity contribution in [3.8, 4) is 11.1 Å². The fraction of sp³-hybridized carbons (Fsp3) is 0.308. The number of hydrogen-bond donors (Lipinski definition) is 3. The minimum Gasteiger partial charge on any atom is -0.378 e. The fourth-order valence-corrected chi connectivity index (χ4v) is 4.87. The van der Waals surface area contributed by atoms with Gasteiger partial charge in [-0.15, -0.1) is 11.3 Å². The number of anilines is 2. The van der Waals surface area contributed by atoms with Crippen LogP contribution in [0, 0.1) is 0 Å². The van der Waals surface area contributed by atoms with Crippen molar-refractivity contribution in [2.24, 2.45) is 0 Å². The van der Waals surface area contributed by atoms with Gasteiger partial charge in [-0.25, -0.2) is 4.79 Å². The van der Waals surface area contributed by atoms with Gasteiger partial charge in [-0.3, -0.25) is 4.79 Å². The summed E-state index contributed by atoms with van der Waals surface area (Å²) in [4.78, 5) is 27.8. The maximum absolute atomic E-state index is 13.0. The second-order valence-corrected chi connectivity index (χ2v) is 9.46. The number of nitrogens with one attached hydrogen (secondary N) is 3. The van der Waals surface area contributed by atoms with Crippen LogP contribution in [-0.2, 0) is 11.3 Å². The molecule has 1 aliphatic rings. The molecule has 0 unspecified atom stereocenters. The van der Waals surface area contributed by atoms with Gasteiger partial charge in [-0.2, -0.15) is 0 Å². The summed E-state index contributed by atoms with van der Waals surface area (Å²) in [6.07, 6.45) is 0. The minimum atomic E-state index is -0.237. The molecular formula is C26H30N4O3S. The van der Waals surface area contributed by atoms with E-state index in [1.807, 2.05) is 62.4 Å². The summed E-state index contributed by atoms with van der Waals surface area (Å²) >= 11 is 1.52. The summed E-state index contributed by atoms with van der Waals surface area (Å²) in [6.45, 7) is 7.24. The first-order valence-corrected chi connectivity index (χ1v) is 12.3. The Kier molecular flexibility index (Phi) is 7.82.